The van der Waals surface area contributed by atoms with Crippen LogP contribution in [-0.4, -0.2) is 37.2 Å². The van der Waals surface area contributed by atoms with E-state index in [9.17, 15) is 0 Å². The van der Waals surface area contributed by atoms with Crippen LogP contribution in [0.25, 0.3) is 0 Å². The van der Waals surface area contributed by atoms with Crippen molar-refractivity contribution in [1.82, 2.24) is 10.2 Å². The normalized spacial score (nSPS) is 13.6. The van der Waals surface area contributed by atoms with Gasteiger partial charge in [-0.2, -0.15) is 0 Å². The summed E-state index contributed by atoms with van der Waals surface area (Å²) >= 11 is 0. The van der Waals surface area contributed by atoms with Crippen LogP contribution < -0.4 is 10.1 Å². The molecule has 1 aromatic rings. The number of para-hydroxylation sites is 1. The van der Waals surface area contributed by atoms with E-state index in [0.717, 1.165) is 25.4 Å². The molecule has 0 spiro atoms. The van der Waals surface area contributed by atoms with Crippen LogP contribution in [0, 0.1) is 0 Å². The first-order chi connectivity index (χ1) is 9.39. The van der Waals surface area contributed by atoms with Gasteiger partial charge in [0, 0.05) is 30.2 Å². The minimum atomic E-state index is 0.174. The highest BCUT2D eigenvalue weighted by molar-refractivity contribution is 5.35. The van der Waals surface area contributed by atoms with Crippen molar-refractivity contribution >= 4 is 0 Å². The number of likely N-dealkylation sites (N-methyl/N-ethyl adjacent to an activating group) is 1. The zero-order valence-electron chi connectivity index (χ0n) is 13.9. The lowest BCUT2D eigenvalue weighted by Gasteiger charge is -2.30. The minimum Gasteiger partial charge on any atom is -0.496 e. The summed E-state index contributed by atoms with van der Waals surface area (Å²) in [5, 5.41) is 3.55. The third kappa shape index (κ3) is 5.14. The molecule has 0 fully saturated rings. The molecular weight excluding hydrogens is 248 g/mol. The maximum atomic E-state index is 5.48. The molecule has 3 heteroatoms. The summed E-state index contributed by atoms with van der Waals surface area (Å²) in [4.78, 5) is 2.47. The molecule has 0 saturated heterocycles. The van der Waals surface area contributed by atoms with Gasteiger partial charge in [0.05, 0.1) is 7.11 Å². The maximum absolute atomic E-state index is 5.48. The van der Waals surface area contributed by atoms with Crippen molar-refractivity contribution in [3.63, 3.8) is 0 Å². The quantitative estimate of drug-likeness (QED) is 0.826. The van der Waals surface area contributed by atoms with Crippen molar-refractivity contribution < 1.29 is 4.74 Å². The number of nitrogens with zero attached hydrogens (tertiary/aromatic N) is 1. The maximum Gasteiger partial charge on any atom is 0.123 e. The Morgan fingerprint density at radius 3 is 2.45 bits per heavy atom. The summed E-state index contributed by atoms with van der Waals surface area (Å²) in [6.07, 6.45) is 0. The predicted octanol–water partition coefficient (Wildman–Crippen LogP) is 3.47. The number of ether oxygens (including phenoxy) is 1. The van der Waals surface area contributed by atoms with Crippen LogP contribution in [0.4, 0.5) is 0 Å². The molecule has 0 aromatic heterocycles. The second-order valence-corrected chi connectivity index (χ2v) is 6.22. The fraction of sp³-hybridized carbons (Fsp3) is 0.647. The third-order valence-electron chi connectivity index (χ3n) is 3.60. The molecule has 114 valence electrons. The van der Waals surface area contributed by atoms with E-state index < -0.39 is 0 Å². The number of nitrogens with one attached hydrogen (secondary N) is 1. The van der Waals surface area contributed by atoms with Crippen molar-refractivity contribution in [3.8, 4) is 5.75 Å². The Balaban J connectivity index is 2.69. The smallest absolute Gasteiger partial charge is 0.123 e. The lowest BCUT2D eigenvalue weighted by Crippen LogP contribution is -2.42. The Kier molecular flexibility index (Phi) is 6.50. The summed E-state index contributed by atoms with van der Waals surface area (Å²) < 4.78 is 5.48. The monoisotopic (exact) mass is 278 g/mol. The first-order valence-corrected chi connectivity index (χ1v) is 7.51. The fourth-order valence-corrected chi connectivity index (χ4v) is 2.41. The minimum absolute atomic E-state index is 0.174. The van der Waals surface area contributed by atoms with Gasteiger partial charge in [0.2, 0.25) is 0 Å². The first-order valence-electron chi connectivity index (χ1n) is 7.51. The summed E-state index contributed by atoms with van der Waals surface area (Å²) in [5.74, 6) is 0.974. The number of methoxy groups -OCH3 is 1. The van der Waals surface area contributed by atoms with E-state index in [1.54, 1.807) is 7.11 Å². The molecular formula is C17H30N2O. The highest BCUT2D eigenvalue weighted by atomic mass is 16.5. The summed E-state index contributed by atoms with van der Waals surface area (Å²) in [6, 6.07) is 8.65. The Hall–Kier alpha value is -1.06. The number of rotatable bonds is 7. The van der Waals surface area contributed by atoms with Crippen LogP contribution in [-0.2, 0) is 0 Å². The summed E-state index contributed by atoms with van der Waals surface area (Å²) in [7, 11) is 1.74. The molecule has 20 heavy (non-hydrogen) atoms. The van der Waals surface area contributed by atoms with Crippen LogP contribution in [0.5, 0.6) is 5.75 Å². The van der Waals surface area contributed by atoms with E-state index in [2.05, 4.69) is 57.0 Å². The van der Waals surface area contributed by atoms with E-state index >= 15 is 0 Å². The van der Waals surface area contributed by atoms with E-state index in [-0.39, 0.29) is 5.54 Å². The van der Waals surface area contributed by atoms with Gasteiger partial charge in [-0.25, -0.2) is 0 Å². The Morgan fingerprint density at radius 1 is 1.25 bits per heavy atom. The van der Waals surface area contributed by atoms with E-state index in [0.29, 0.717) is 6.04 Å². The molecule has 1 rings (SSSR count). The second-order valence-electron chi connectivity index (χ2n) is 6.22. The number of hydrogen-bond acceptors (Lipinski definition) is 3. The average Bonchev–Trinajstić information content (AvgIpc) is 2.41. The van der Waals surface area contributed by atoms with Crippen LogP contribution in [0.3, 0.4) is 0 Å². The molecule has 3 nitrogen and oxygen atoms in total. The molecule has 0 bridgehead atoms. The van der Waals surface area contributed by atoms with Crippen LogP contribution in [0.15, 0.2) is 24.3 Å². The molecule has 0 aliphatic rings. The number of benzene rings is 1. The topological polar surface area (TPSA) is 24.5 Å². The molecule has 0 unspecified atom stereocenters. The zero-order valence-corrected chi connectivity index (χ0v) is 13.9. The van der Waals surface area contributed by atoms with Gasteiger partial charge >= 0.3 is 0 Å². The van der Waals surface area contributed by atoms with Gasteiger partial charge in [-0.15, -0.1) is 0 Å². The Morgan fingerprint density at radius 2 is 1.90 bits per heavy atom. The summed E-state index contributed by atoms with van der Waals surface area (Å²) in [5.41, 5.74) is 1.43. The molecule has 1 atom stereocenters. The fourth-order valence-electron chi connectivity index (χ4n) is 2.41. The van der Waals surface area contributed by atoms with E-state index in [1.807, 2.05) is 12.1 Å². The molecule has 0 amide bonds. The molecule has 0 aliphatic heterocycles. The predicted molar refractivity (Wildman–Crippen MR) is 86.4 cm³/mol. The van der Waals surface area contributed by atoms with E-state index in [4.69, 9.17) is 4.74 Å². The van der Waals surface area contributed by atoms with Crippen LogP contribution >= 0.6 is 0 Å². The Bertz CT molecular complexity index is 398. The molecule has 0 radical (unpaired) electrons. The second kappa shape index (κ2) is 7.65. The molecule has 1 aromatic carbocycles. The lowest BCUT2D eigenvalue weighted by molar-refractivity contribution is 0.211. The highest BCUT2D eigenvalue weighted by Gasteiger charge is 2.18. The van der Waals surface area contributed by atoms with Gasteiger partial charge in [0.25, 0.3) is 0 Å². The first kappa shape index (κ1) is 17.0. The van der Waals surface area contributed by atoms with Crippen LogP contribution in [0.2, 0.25) is 0 Å². The van der Waals surface area contributed by atoms with Crippen molar-refractivity contribution in [1.29, 1.82) is 0 Å². The lowest BCUT2D eigenvalue weighted by atomic mass is 10.1. The molecule has 1 N–H and O–H groups in total. The van der Waals surface area contributed by atoms with Gasteiger partial charge in [-0.05, 0) is 40.3 Å². The van der Waals surface area contributed by atoms with Gasteiger partial charge < -0.3 is 10.1 Å². The van der Waals surface area contributed by atoms with Crippen LogP contribution in [0.1, 0.15) is 46.2 Å². The van der Waals surface area contributed by atoms with Crippen molar-refractivity contribution in [2.75, 3.05) is 26.7 Å². The standard InChI is InChI=1S/C17H30N2O/c1-7-19(13-12-18-17(3,4)5)14(2)15-10-8-9-11-16(15)20-6/h8-11,14,18H,7,12-13H2,1-6H3/t14-/m1/s1. The van der Waals surface area contributed by atoms with Gasteiger partial charge in [0.15, 0.2) is 0 Å². The van der Waals surface area contributed by atoms with Gasteiger partial charge in [-0.1, -0.05) is 25.1 Å². The molecule has 0 aliphatic carbocycles. The van der Waals surface area contributed by atoms with Gasteiger partial charge in [-0.3, -0.25) is 4.90 Å². The Labute approximate surface area is 124 Å². The largest absolute Gasteiger partial charge is 0.496 e. The molecule has 0 saturated carbocycles. The van der Waals surface area contributed by atoms with E-state index in [1.165, 1.54) is 5.56 Å². The zero-order chi connectivity index (χ0) is 15.2. The summed E-state index contributed by atoms with van der Waals surface area (Å²) in [6.45, 7) is 14.1. The SMILES string of the molecule is CCN(CCNC(C)(C)C)[C@H](C)c1ccccc1OC. The molecule has 0 heterocycles. The van der Waals surface area contributed by atoms with Crippen molar-refractivity contribution in [2.24, 2.45) is 0 Å². The van der Waals surface area contributed by atoms with Crippen molar-refractivity contribution in [2.45, 2.75) is 46.2 Å². The number of hydrogen-bond donors (Lipinski definition) is 1. The highest BCUT2D eigenvalue weighted by Crippen LogP contribution is 2.28. The van der Waals surface area contributed by atoms with Gasteiger partial charge in [0.1, 0.15) is 5.75 Å². The third-order valence-corrected chi connectivity index (χ3v) is 3.60. The average molecular weight is 278 g/mol. The van der Waals surface area contributed by atoms with Crippen molar-refractivity contribution in [3.05, 3.63) is 29.8 Å².